The summed E-state index contributed by atoms with van der Waals surface area (Å²) in [7, 11) is 1.26. The summed E-state index contributed by atoms with van der Waals surface area (Å²) in [6.45, 7) is 7.59. The largest absolute Gasteiger partial charge is 0.468 e. The quantitative estimate of drug-likeness (QED) is 0.536. The molecule has 2 heterocycles. The van der Waals surface area contributed by atoms with E-state index in [0.29, 0.717) is 19.4 Å². The van der Waals surface area contributed by atoms with Crippen LogP contribution in [-0.4, -0.2) is 60.3 Å². The van der Waals surface area contributed by atoms with Crippen molar-refractivity contribution in [2.45, 2.75) is 57.8 Å². The van der Waals surface area contributed by atoms with Gasteiger partial charge in [-0.1, -0.05) is 0 Å². The Labute approximate surface area is 136 Å². The summed E-state index contributed by atoms with van der Waals surface area (Å²) in [6.07, 6.45) is 0.415. The van der Waals surface area contributed by atoms with Gasteiger partial charge in [0.15, 0.2) is 5.78 Å². The topological polar surface area (TPSA) is 82.1 Å². The molecule has 2 fully saturated rings. The third-order valence-corrected chi connectivity index (χ3v) is 4.36. The van der Waals surface area contributed by atoms with E-state index in [1.807, 2.05) is 27.7 Å². The molecule has 23 heavy (non-hydrogen) atoms. The van der Waals surface area contributed by atoms with Crippen LogP contribution in [-0.2, 0) is 23.8 Å². The first-order valence-electron chi connectivity index (χ1n) is 7.84. The van der Waals surface area contributed by atoms with Crippen LogP contribution in [0.1, 0.15) is 40.5 Å². The van der Waals surface area contributed by atoms with Crippen molar-refractivity contribution in [1.82, 2.24) is 4.90 Å². The van der Waals surface area contributed by atoms with Crippen LogP contribution in [0.25, 0.3) is 0 Å². The fourth-order valence-corrected chi connectivity index (χ4v) is 3.37. The standard InChI is InChI=1S/C16H25NO6/c1-10-8-16(12(13(19)21-5)11(18)9-22-16)6-7-17(10)14(20)23-15(2,3)4/h10,12H,6-9H2,1-5H3/t10-,12?,16-/m0/s1. The van der Waals surface area contributed by atoms with Gasteiger partial charge in [0.25, 0.3) is 0 Å². The van der Waals surface area contributed by atoms with Gasteiger partial charge < -0.3 is 19.1 Å². The van der Waals surface area contributed by atoms with Crippen LogP contribution < -0.4 is 0 Å². The van der Waals surface area contributed by atoms with Crippen molar-refractivity contribution in [3.63, 3.8) is 0 Å². The first kappa shape index (κ1) is 17.7. The summed E-state index contributed by atoms with van der Waals surface area (Å²) in [5.74, 6) is -1.73. The molecule has 0 aromatic rings. The van der Waals surface area contributed by atoms with E-state index in [4.69, 9.17) is 14.2 Å². The highest BCUT2D eigenvalue weighted by atomic mass is 16.6. The zero-order valence-corrected chi connectivity index (χ0v) is 14.4. The number of hydrogen-bond donors (Lipinski definition) is 0. The van der Waals surface area contributed by atoms with Gasteiger partial charge in [0.05, 0.1) is 12.7 Å². The Balaban J connectivity index is 2.12. The summed E-state index contributed by atoms with van der Waals surface area (Å²) < 4.78 is 15.9. The Hall–Kier alpha value is -1.63. The van der Waals surface area contributed by atoms with E-state index in [2.05, 4.69) is 0 Å². The first-order valence-corrected chi connectivity index (χ1v) is 7.84. The number of piperidine rings is 1. The van der Waals surface area contributed by atoms with Crippen molar-refractivity contribution >= 4 is 17.8 Å². The maximum Gasteiger partial charge on any atom is 0.410 e. The van der Waals surface area contributed by atoms with Gasteiger partial charge >= 0.3 is 12.1 Å². The van der Waals surface area contributed by atoms with E-state index in [-0.39, 0.29) is 18.4 Å². The molecule has 0 radical (unpaired) electrons. The van der Waals surface area contributed by atoms with E-state index < -0.39 is 29.2 Å². The molecule has 7 heteroatoms. The van der Waals surface area contributed by atoms with Gasteiger partial charge in [-0.15, -0.1) is 0 Å². The summed E-state index contributed by atoms with van der Waals surface area (Å²) in [5.41, 5.74) is -1.44. The highest BCUT2D eigenvalue weighted by Gasteiger charge is 2.57. The van der Waals surface area contributed by atoms with Crippen LogP contribution in [0, 0.1) is 5.92 Å². The number of Topliss-reactive ketones (excluding diaryl/α,β-unsaturated/α-hetero) is 1. The zero-order valence-electron chi connectivity index (χ0n) is 14.4. The van der Waals surface area contributed by atoms with Crippen molar-refractivity contribution in [1.29, 1.82) is 0 Å². The second-order valence-electron chi connectivity index (χ2n) is 7.25. The summed E-state index contributed by atoms with van der Waals surface area (Å²) in [4.78, 5) is 37.9. The minimum absolute atomic E-state index is 0.0844. The lowest BCUT2D eigenvalue weighted by molar-refractivity contribution is -0.157. The number of likely N-dealkylation sites (tertiary alicyclic amines) is 1. The Bertz CT molecular complexity index is 511. The smallest absolute Gasteiger partial charge is 0.410 e. The third-order valence-electron chi connectivity index (χ3n) is 4.36. The second kappa shape index (κ2) is 6.11. The Morgan fingerprint density at radius 1 is 1.35 bits per heavy atom. The number of ether oxygens (including phenoxy) is 3. The number of carbonyl (C=O) groups is 3. The van der Waals surface area contributed by atoms with Gasteiger partial charge in [0.2, 0.25) is 0 Å². The molecule has 0 bridgehead atoms. The van der Waals surface area contributed by atoms with Gasteiger partial charge in [0, 0.05) is 12.6 Å². The second-order valence-corrected chi connectivity index (χ2v) is 7.25. The molecule has 7 nitrogen and oxygen atoms in total. The third kappa shape index (κ3) is 3.49. The summed E-state index contributed by atoms with van der Waals surface area (Å²) in [6, 6.07) is -0.198. The molecule has 0 aromatic carbocycles. The SMILES string of the molecule is COC(=O)C1C(=O)CO[C@]12CCN(C(=O)OC(C)(C)C)[C@@H](C)C2. The van der Waals surface area contributed by atoms with E-state index in [0.717, 1.165) is 0 Å². The van der Waals surface area contributed by atoms with Gasteiger partial charge in [-0.25, -0.2) is 4.79 Å². The van der Waals surface area contributed by atoms with Crippen molar-refractivity contribution in [3.05, 3.63) is 0 Å². The van der Waals surface area contributed by atoms with E-state index in [9.17, 15) is 14.4 Å². The Morgan fingerprint density at radius 3 is 2.52 bits per heavy atom. The van der Waals surface area contributed by atoms with Crippen molar-refractivity contribution in [2.24, 2.45) is 5.92 Å². The van der Waals surface area contributed by atoms with Crippen LogP contribution in [0.2, 0.25) is 0 Å². The number of esters is 1. The Kier molecular flexibility index (Phi) is 4.71. The van der Waals surface area contributed by atoms with Crippen LogP contribution >= 0.6 is 0 Å². The maximum atomic E-state index is 12.3. The number of ketones is 1. The average Bonchev–Trinajstić information content (AvgIpc) is 2.72. The van der Waals surface area contributed by atoms with Gasteiger partial charge in [0.1, 0.15) is 18.1 Å². The number of hydrogen-bond acceptors (Lipinski definition) is 6. The number of amides is 1. The van der Waals surface area contributed by atoms with E-state index >= 15 is 0 Å². The number of methoxy groups -OCH3 is 1. The lowest BCUT2D eigenvalue weighted by Crippen LogP contribution is -2.56. The fraction of sp³-hybridized carbons (Fsp3) is 0.812. The average molecular weight is 327 g/mol. The molecule has 2 saturated heterocycles. The monoisotopic (exact) mass is 327 g/mol. The van der Waals surface area contributed by atoms with Crippen LogP contribution in [0.3, 0.4) is 0 Å². The van der Waals surface area contributed by atoms with Crippen molar-refractivity contribution in [2.75, 3.05) is 20.3 Å². The van der Waals surface area contributed by atoms with Gasteiger partial charge in [-0.2, -0.15) is 0 Å². The molecule has 130 valence electrons. The molecule has 2 aliphatic rings. The minimum Gasteiger partial charge on any atom is -0.468 e. The number of rotatable bonds is 1. The predicted molar refractivity (Wildman–Crippen MR) is 80.8 cm³/mol. The lowest BCUT2D eigenvalue weighted by atomic mass is 9.77. The fourth-order valence-electron chi connectivity index (χ4n) is 3.37. The molecule has 0 N–H and O–H groups in total. The van der Waals surface area contributed by atoms with Crippen LogP contribution in [0.15, 0.2) is 0 Å². The molecule has 2 rings (SSSR count). The van der Waals surface area contributed by atoms with Gasteiger partial charge in [-0.05, 0) is 40.5 Å². The van der Waals surface area contributed by atoms with E-state index in [1.165, 1.54) is 7.11 Å². The van der Waals surface area contributed by atoms with Crippen molar-refractivity contribution in [3.8, 4) is 0 Å². The molecular formula is C16H25NO6. The maximum absolute atomic E-state index is 12.3. The molecule has 2 aliphatic heterocycles. The molecule has 3 atom stereocenters. The van der Waals surface area contributed by atoms with E-state index in [1.54, 1.807) is 4.90 Å². The van der Waals surface area contributed by atoms with Gasteiger partial charge in [-0.3, -0.25) is 9.59 Å². The molecular weight excluding hydrogens is 302 g/mol. The number of carbonyl (C=O) groups excluding carboxylic acids is 3. The molecule has 0 aromatic heterocycles. The number of nitrogens with zero attached hydrogens (tertiary/aromatic N) is 1. The lowest BCUT2D eigenvalue weighted by Gasteiger charge is -2.44. The predicted octanol–water partition coefficient (Wildman–Crippen LogP) is 1.53. The molecule has 0 aliphatic carbocycles. The highest BCUT2D eigenvalue weighted by molar-refractivity contribution is 6.02. The zero-order chi connectivity index (χ0) is 17.4. The highest BCUT2D eigenvalue weighted by Crippen LogP contribution is 2.42. The molecule has 1 spiro atoms. The molecule has 1 unspecified atom stereocenters. The summed E-state index contributed by atoms with van der Waals surface area (Å²) in [5, 5.41) is 0. The minimum atomic E-state index is -0.907. The first-order chi connectivity index (χ1) is 10.6. The van der Waals surface area contributed by atoms with Crippen LogP contribution in [0.5, 0.6) is 0 Å². The normalized spacial score (nSPS) is 31.3. The Morgan fingerprint density at radius 2 is 2.00 bits per heavy atom. The van der Waals surface area contributed by atoms with Crippen molar-refractivity contribution < 1.29 is 28.6 Å². The van der Waals surface area contributed by atoms with Crippen LogP contribution in [0.4, 0.5) is 4.79 Å². The summed E-state index contributed by atoms with van der Waals surface area (Å²) >= 11 is 0. The molecule has 0 saturated carbocycles. The molecule has 1 amide bonds.